The second kappa shape index (κ2) is 9.85. The summed E-state index contributed by atoms with van der Waals surface area (Å²) in [6.45, 7) is 1.37. The van der Waals surface area contributed by atoms with Crippen molar-refractivity contribution in [3.63, 3.8) is 0 Å². The summed E-state index contributed by atoms with van der Waals surface area (Å²) in [6, 6.07) is 3.16. The van der Waals surface area contributed by atoms with Crippen molar-refractivity contribution >= 4 is 29.3 Å². The van der Waals surface area contributed by atoms with Crippen molar-refractivity contribution in [1.29, 1.82) is 0 Å². The van der Waals surface area contributed by atoms with E-state index in [0.717, 1.165) is 31.7 Å². The van der Waals surface area contributed by atoms with Gasteiger partial charge in [-0.2, -0.15) is 0 Å². The highest BCUT2D eigenvalue weighted by molar-refractivity contribution is 5.99. The number of hydrogen-bond acceptors (Lipinski definition) is 7. The Hall–Kier alpha value is -3.17. The number of nitro benzene ring substituents is 1. The molecule has 0 heterocycles. The summed E-state index contributed by atoms with van der Waals surface area (Å²) < 4.78 is 4.95. The molecule has 2 rings (SSSR count). The maximum absolute atomic E-state index is 12.3. The lowest BCUT2D eigenvalue weighted by Crippen LogP contribution is -2.48. The molecule has 1 fully saturated rings. The van der Waals surface area contributed by atoms with Crippen LogP contribution < -0.4 is 15.5 Å². The lowest BCUT2D eigenvalue weighted by atomic mass is 9.86. The molecule has 0 unspecified atom stereocenters. The number of nitrogens with zero attached hydrogens (tertiary/aromatic N) is 2. The summed E-state index contributed by atoms with van der Waals surface area (Å²) in [5.74, 6) is -1.34. The quantitative estimate of drug-likeness (QED) is 0.421. The third kappa shape index (κ3) is 6.16. The molecule has 1 aromatic rings. The molecular formula is C19H26N4O6. The number of rotatable bonds is 6. The topological polar surface area (TPSA) is 131 Å². The van der Waals surface area contributed by atoms with Crippen molar-refractivity contribution in [2.75, 3.05) is 25.6 Å². The van der Waals surface area contributed by atoms with Gasteiger partial charge in [-0.1, -0.05) is 19.8 Å². The fourth-order valence-electron chi connectivity index (χ4n) is 3.30. The van der Waals surface area contributed by atoms with Crippen LogP contribution in [0.3, 0.4) is 0 Å². The zero-order chi connectivity index (χ0) is 21.6. The van der Waals surface area contributed by atoms with Crippen molar-refractivity contribution in [3.8, 4) is 0 Å². The van der Waals surface area contributed by atoms with Crippen LogP contribution in [0.4, 0.5) is 16.2 Å². The molecule has 0 spiro atoms. The Labute approximate surface area is 168 Å². The maximum Gasteiger partial charge on any atom is 0.341 e. The number of benzene rings is 1. The van der Waals surface area contributed by atoms with Gasteiger partial charge < -0.3 is 15.0 Å². The van der Waals surface area contributed by atoms with Crippen LogP contribution in [0.1, 0.15) is 43.0 Å². The molecule has 0 bridgehead atoms. The summed E-state index contributed by atoms with van der Waals surface area (Å²) in [4.78, 5) is 48.2. The highest BCUT2D eigenvalue weighted by Gasteiger charge is 2.24. The highest BCUT2D eigenvalue weighted by atomic mass is 16.6. The van der Waals surface area contributed by atoms with E-state index in [9.17, 15) is 24.5 Å². The monoisotopic (exact) mass is 406 g/mol. The molecule has 1 aliphatic carbocycles. The number of anilines is 1. The number of non-ortho nitro benzene ring substituents is 1. The van der Waals surface area contributed by atoms with Gasteiger partial charge in [0.2, 0.25) is 0 Å². The van der Waals surface area contributed by atoms with E-state index in [2.05, 4.69) is 17.6 Å². The molecule has 0 aliphatic heterocycles. The molecule has 10 nitrogen and oxygen atoms in total. The van der Waals surface area contributed by atoms with Crippen LogP contribution in [-0.2, 0) is 9.53 Å². The van der Waals surface area contributed by atoms with Gasteiger partial charge in [-0.05, 0) is 24.8 Å². The van der Waals surface area contributed by atoms with Gasteiger partial charge >= 0.3 is 12.0 Å². The molecule has 158 valence electrons. The lowest BCUT2D eigenvalue weighted by molar-refractivity contribution is -0.384. The number of esters is 1. The van der Waals surface area contributed by atoms with Gasteiger partial charge in [0, 0.05) is 32.3 Å². The predicted octanol–water partition coefficient (Wildman–Crippen LogP) is 2.22. The zero-order valence-corrected chi connectivity index (χ0v) is 16.8. The fraction of sp³-hybridized carbons (Fsp3) is 0.526. The summed E-state index contributed by atoms with van der Waals surface area (Å²) >= 11 is 0. The molecular weight excluding hydrogens is 380 g/mol. The van der Waals surface area contributed by atoms with Crippen molar-refractivity contribution in [2.24, 2.45) is 5.92 Å². The van der Waals surface area contributed by atoms with E-state index in [1.807, 2.05) is 0 Å². The number of ether oxygens (including phenoxy) is 1. The number of amides is 3. The second-order valence-corrected chi connectivity index (χ2v) is 7.32. The van der Waals surface area contributed by atoms with Crippen LogP contribution in [0.15, 0.2) is 18.2 Å². The minimum atomic E-state index is -0.895. The third-order valence-corrected chi connectivity index (χ3v) is 4.91. The standard InChI is InChI=1S/C19H26N4O6/c1-12-6-4-5-7-15(12)20-19(26)21-17(24)11-29-18(25)14-10-13(23(27)28)8-9-16(14)22(2)3/h8-10,12,15H,4-7,11H2,1-3H3,(H2,20,21,24,26)/t12-,15+/m0/s1. The molecule has 1 aliphatic rings. The van der Waals surface area contributed by atoms with Crippen LogP contribution in [0, 0.1) is 16.0 Å². The van der Waals surface area contributed by atoms with Gasteiger partial charge in [-0.15, -0.1) is 0 Å². The van der Waals surface area contributed by atoms with Crippen LogP contribution in [0.5, 0.6) is 0 Å². The molecule has 0 aromatic heterocycles. The fourth-order valence-corrected chi connectivity index (χ4v) is 3.30. The Morgan fingerprint density at radius 1 is 1.24 bits per heavy atom. The number of urea groups is 1. The van der Waals surface area contributed by atoms with Crippen LogP contribution >= 0.6 is 0 Å². The van der Waals surface area contributed by atoms with E-state index in [1.165, 1.54) is 12.1 Å². The summed E-state index contributed by atoms with van der Waals surface area (Å²) in [7, 11) is 3.34. The SMILES string of the molecule is C[C@H]1CCCC[C@H]1NC(=O)NC(=O)COC(=O)c1cc([N+](=O)[O-])ccc1N(C)C. The van der Waals surface area contributed by atoms with E-state index < -0.39 is 29.4 Å². The average Bonchev–Trinajstić information content (AvgIpc) is 2.67. The van der Waals surface area contributed by atoms with Gasteiger partial charge in [0.05, 0.1) is 16.2 Å². The summed E-state index contributed by atoms with van der Waals surface area (Å²) in [6.07, 6.45) is 4.03. The number of hydrogen-bond donors (Lipinski definition) is 2. The van der Waals surface area contributed by atoms with E-state index >= 15 is 0 Å². The normalized spacial score (nSPS) is 18.4. The summed E-state index contributed by atoms with van der Waals surface area (Å²) in [5, 5.41) is 15.9. The Bertz CT molecular complexity index is 795. The van der Waals surface area contributed by atoms with Gasteiger partial charge in [-0.25, -0.2) is 9.59 Å². The molecule has 0 radical (unpaired) electrons. The first kappa shape index (κ1) is 22.1. The number of imide groups is 1. The predicted molar refractivity (Wildman–Crippen MR) is 106 cm³/mol. The third-order valence-electron chi connectivity index (χ3n) is 4.91. The average molecular weight is 406 g/mol. The molecule has 2 atom stereocenters. The molecule has 3 amide bonds. The van der Waals surface area contributed by atoms with E-state index in [0.29, 0.717) is 11.6 Å². The molecule has 2 N–H and O–H groups in total. The number of nitro groups is 1. The first-order valence-electron chi connectivity index (χ1n) is 9.42. The van der Waals surface area contributed by atoms with Crippen LogP contribution in [-0.4, -0.2) is 49.6 Å². The van der Waals surface area contributed by atoms with Gasteiger partial charge in [0.15, 0.2) is 6.61 Å². The largest absolute Gasteiger partial charge is 0.452 e. The number of carbonyl (C=O) groups excluding carboxylic acids is 3. The van der Waals surface area contributed by atoms with Gasteiger partial charge in [0.25, 0.3) is 11.6 Å². The molecule has 10 heteroatoms. The highest BCUT2D eigenvalue weighted by Crippen LogP contribution is 2.25. The lowest BCUT2D eigenvalue weighted by Gasteiger charge is -2.29. The second-order valence-electron chi connectivity index (χ2n) is 7.32. The molecule has 29 heavy (non-hydrogen) atoms. The van der Waals surface area contributed by atoms with Crippen molar-refractivity contribution < 1.29 is 24.0 Å². The molecule has 1 saturated carbocycles. The molecule has 0 saturated heterocycles. The Morgan fingerprint density at radius 3 is 2.55 bits per heavy atom. The maximum atomic E-state index is 12.3. The van der Waals surface area contributed by atoms with E-state index in [-0.39, 0.29) is 17.3 Å². The summed E-state index contributed by atoms with van der Waals surface area (Å²) in [5.41, 5.74) is 0.0931. The molecule has 1 aromatic carbocycles. The number of carbonyl (C=O) groups is 3. The van der Waals surface area contributed by atoms with Crippen LogP contribution in [0.2, 0.25) is 0 Å². The Kier molecular flexibility index (Phi) is 7.52. The van der Waals surface area contributed by atoms with E-state index in [4.69, 9.17) is 4.74 Å². The minimum Gasteiger partial charge on any atom is -0.452 e. The smallest absolute Gasteiger partial charge is 0.341 e. The van der Waals surface area contributed by atoms with Crippen molar-refractivity contribution in [3.05, 3.63) is 33.9 Å². The first-order valence-corrected chi connectivity index (χ1v) is 9.42. The minimum absolute atomic E-state index is 0.00613. The van der Waals surface area contributed by atoms with Gasteiger partial charge in [-0.3, -0.25) is 20.2 Å². The van der Waals surface area contributed by atoms with Crippen molar-refractivity contribution in [2.45, 2.75) is 38.6 Å². The Morgan fingerprint density at radius 2 is 1.93 bits per heavy atom. The number of nitrogens with one attached hydrogen (secondary N) is 2. The first-order chi connectivity index (χ1) is 13.7. The van der Waals surface area contributed by atoms with Gasteiger partial charge in [0.1, 0.15) is 0 Å². The zero-order valence-electron chi connectivity index (χ0n) is 16.8. The van der Waals surface area contributed by atoms with Crippen LogP contribution in [0.25, 0.3) is 0 Å². The Balaban J connectivity index is 1.92. The van der Waals surface area contributed by atoms with E-state index in [1.54, 1.807) is 19.0 Å². The van der Waals surface area contributed by atoms with Crippen molar-refractivity contribution in [1.82, 2.24) is 10.6 Å².